The summed E-state index contributed by atoms with van der Waals surface area (Å²) in [6, 6.07) is 0.0995. The number of rotatable bonds is 4. The van der Waals surface area contributed by atoms with Crippen molar-refractivity contribution in [2.24, 2.45) is 0 Å². The first-order chi connectivity index (χ1) is 10.3. The first kappa shape index (κ1) is 16.8. The predicted molar refractivity (Wildman–Crippen MR) is 85.0 cm³/mol. The number of hydrogen-bond acceptors (Lipinski definition) is 7. The molecule has 1 aromatic heterocycles. The minimum Gasteiger partial charge on any atom is -0.444 e. The summed E-state index contributed by atoms with van der Waals surface area (Å²) in [5, 5.41) is 13.2. The summed E-state index contributed by atoms with van der Waals surface area (Å²) in [7, 11) is 0. The van der Waals surface area contributed by atoms with Gasteiger partial charge in [-0.05, 0) is 27.0 Å². The number of hydrogen-bond donors (Lipinski definition) is 2. The molecular formula is C14H22N4O3S. The van der Waals surface area contributed by atoms with Gasteiger partial charge in [0, 0.05) is 24.8 Å². The lowest BCUT2D eigenvalue weighted by atomic mass is 10.1. The summed E-state index contributed by atoms with van der Waals surface area (Å²) >= 11 is 1.44. The minimum absolute atomic E-state index is 0.0995. The van der Waals surface area contributed by atoms with Gasteiger partial charge in [0.2, 0.25) is 0 Å². The highest BCUT2D eigenvalue weighted by Gasteiger charge is 2.34. The van der Waals surface area contributed by atoms with Crippen LogP contribution in [0.2, 0.25) is 0 Å². The topological polar surface area (TPSA) is 87.6 Å². The van der Waals surface area contributed by atoms with Crippen molar-refractivity contribution in [3.8, 4) is 0 Å². The Morgan fingerprint density at radius 2 is 2.23 bits per heavy atom. The number of ether oxygens (including phenoxy) is 1. The van der Waals surface area contributed by atoms with Gasteiger partial charge < -0.3 is 20.1 Å². The van der Waals surface area contributed by atoms with E-state index in [1.165, 1.54) is 11.8 Å². The smallest absolute Gasteiger partial charge is 0.410 e. The summed E-state index contributed by atoms with van der Waals surface area (Å²) in [5.74, 6) is 0.621. The second kappa shape index (κ2) is 6.70. The lowest BCUT2D eigenvalue weighted by Gasteiger charge is -2.40. The van der Waals surface area contributed by atoms with E-state index in [-0.39, 0.29) is 18.7 Å². The van der Waals surface area contributed by atoms with Gasteiger partial charge in [-0.25, -0.2) is 14.8 Å². The van der Waals surface area contributed by atoms with Gasteiger partial charge in [-0.3, -0.25) is 0 Å². The van der Waals surface area contributed by atoms with E-state index in [2.05, 4.69) is 15.3 Å². The Bertz CT molecular complexity index is 541. The number of carbonyl (C=O) groups excluding carboxylic acids is 1. The van der Waals surface area contributed by atoms with E-state index < -0.39 is 5.60 Å². The van der Waals surface area contributed by atoms with Gasteiger partial charge in [-0.2, -0.15) is 0 Å². The third-order valence-electron chi connectivity index (χ3n) is 3.07. The fraction of sp³-hybridized carbons (Fsp3) is 0.643. The van der Waals surface area contributed by atoms with Crippen molar-refractivity contribution in [3.05, 3.63) is 11.8 Å². The molecule has 0 saturated carbocycles. The number of likely N-dealkylation sites (tertiary alicyclic amines) is 1. The molecule has 0 bridgehead atoms. The number of aliphatic hydroxyl groups is 1. The maximum absolute atomic E-state index is 11.9. The Labute approximate surface area is 134 Å². The Hall–Kier alpha value is -1.54. The zero-order chi connectivity index (χ0) is 16.3. The van der Waals surface area contributed by atoms with Crippen LogP contribution in [0.25, 0.3) is 0 Å². The predicted octanol–water partition coefficient (Wildman–Crippen LogP) is 1.72. The molecular weight excluding hydrogens is 304 g/mol. The molecule has 0 aliphatic carbocycles. The Morgan fingerprint density at radius 3 is 2.77 bits per heavy atom. The number of thioether (sulfide) groups is 1. The molecule has 7 nitrogen and oxygen atoms in total. The van der Waals surface area contributed by atoms with Crippen molar-refractivity contribution < 1.29 is 14.6 Å². The maximum atomic E-state index is 11.9. The highest BCUT2D eigenvalue weighted by molar-refractivity contribution is 7.98. The average molecular weight is 326 g/mol. The first-order valence-corrected chi connectivity index (χ1v) is 8.30. The molecule has 1 amide bonds. The van der Waals surface area contributed by atoms with Crippen molar-refractivity contribution >= 4 is 23.7 Å². The highest BCUT2D eigenvalue weighted by Crippen LogP contribution is 2.21. The third-order valence-corrected chi connectivity index (χ3v) is 3.63. The Morgan fingerprint density at radius 1 is 1.55 bits per heavy atom. The molecule has 0 aromatic carbocycles. The van der Waals surface area contributed by atoms with Crippen molar-refractivity contribution in [2.75, 3.05) is 24.7 Å². The quantitative estimate of drug-likeness (QED) is 0.643. The number of aliphatic hydroxyl groups excluding tert-OH is 1. The van der Waals surface area contributed by atoms with Gasteiger partial charge in [0.1, 0.15) is 11.4 Å². The number of nitrogens with one attached hydrogen (secondary N) is 1. The molecule has 1 fully saturated rings. The largest absolute Gasteiger partial charge is 0.444 e. The van der Waals surface area contributed by atoms with Gasteiger partial charge in [-0.15, -0.1) is 0 Å². The van der Waals surface area contributed by atoms with Crippen molar-refractivity contribution in [3.63, 3.8) is 0 Å². The van der Waals surface area contributed by atoms with Crippen LogP contribution in [0.3, 0.4) is 0 Å². The highest BCUT2D eigenvalue weighted by atomic mass is 32.2. The monoisotopic (exact) mass is 326 g/mol. The molecule has 2 rings (SSSR count). The van der Waals surface area contributed by atoms with E-state index in [9.17, 15) is 9.90 Å². The maximum Gasteiger partial charge on any atom is 0.410 e. The van der Waals surface area contributed by atoms with Crippen molar-refractivity contribution in [2.45, 2.75) is 44.2 Å². The van der Waals surface area contributed by atoms with E-state index in [0.29, 0.717) is 29.6 Å². The molecule has 1 saturated heterocycles. The van der Waals surface area contributed by atoms with Crippen LogP contribution in [0.4, 0.5) is 10.6 Å². The number of carbonyl (C=O) groups is 1. The second-order valence-electron chi connectivity index (χ2n) is 6.12. The number of aromatic nitrogens is 2. The fourth-order valence-electron chi connectivity index (χ4n) is 1.97. The summed E-state index contributed by atoms with van der Waals surface area (Å²) in [6.45, 7) is 6.52. The lowest BCUT2D eigenvalue weighted by molar-refractivity contribution is 0.0104. The van der Waals surface area contributed by atoms with E-state index in [1.54, 1.807) is 11.1 Å². The van der Waals surface area contributed by atoms with E-state index in [4.69, 9.17) is 4.74 Å². The van der Waals surface area contributed by atoms with Gasteiger partial charge in [0.05, 0.1) is 12.6 Å². The summed E-state index contributed by atoms with van der Waals surface area (Å²) in [5.41, 5.74) is 0.160. The average Bonchev–Trinajstić information content (AvgIpc) is 2.39. The number of anilines is 1. The molecule has 22 heavy (non-hydrogen) atoms. The summed E-state index contributed by atoms with van der Waals surface area (Å²) < 4.78 is 5.31. The van der Waals surface area contributed by atoms with Crippen LogP contribution in [0.5, 0.6) is 0 Å². The van der Waals surface area contributed by atoms with Crippen LogP contribution in [-0.2, 0) is 11.3 Å². The van der Waals surface area contributed by atoms with Gasteiger partial charge in [0.25, 0.3) is 0 Å². The van der Waals surface area contributed by atoms with Crippen molar-refractivity contribution in [1.29, 1.82) is 0 Å². The van der Waals surface area contributed by atoms with E-state index >= 15 is 0 Å². The zero-order valence-electron chi connectivity index (χ0n) is 13.3. The molecule has 1 aromatic rings. The molecule has 0 atom stereocenters. The van der Waals surface area contributed by atoms with Crippen LogP contribution in [0, 0.1) is 0 Å². The normalized spacial score (nSPS) is 15.4. The van der Waals surface area contributed by atoms with Crippen LogP contribution in [0.1, 0.15) is 26.3 Å². The molecule has 1 aliphatic rings. The first-order valence-electron chi connectivity index (χ1n) is 7.07. The number of amides is 1. The van der Waals surface area contributed by atoms with Crippen LogP contribution >= 0.6 is 11.8 Å². The SMILES string of the molecule is CSc1ncc(CO)c(NC2CN(C(=O)OC(C)(C)C)C2)n1. The van der Waals surface area contributed by atoms with E-state index in [1.807, 2.05) is 27.0 Å². The fourth-order valence-corrected chi connectivity index (χ4v) is 2.31. The third kappa shape index (κ3) is 4.23. The van der Waals surface area contributed by atoms with Gasteiger partial charge in [-0.1, -0.05) is 11.8 Å². The minimum atomic E-state index is -0.487. The summed E-state index contributed by atoms with van der Waals surface area (Å²) in [6.07, 6.45) is 3.21. The zero-order valence-corrected chi connectivity index (χ0v) is 14.1. The Balaban J connectivity index is 1.91. The second-order valence-corrected chi connectivity index (χ2v) is 6.89. The molecule has 122 valence electrons. The van der Waals surface area contributed by atoms with Crippen LogP contribution in [0.15, 0.2) is 11.4 Å². The van der Waals surface area contributed by atoms with E-state index in [0.717, 1.165) is 0 Å². The molecule has 2 heterocycles. The molecule has 1 aliphatic heterocycles. The molecule has 0 radical (unpaired) electrons. The standard InChI is InChI=1S/C14H22N4O3S/c1-14(2,3)21-13(20)18-6-10(7-18)16-11-9(8-19)5-15-12(17-11)22-4/h5,10,19H,6-8H2,1-4H3,(H,15,16,17). The number of nitrogens with zero attached hydrogens (tertiary/aromatic N) is 3. The van der Waals surface area contributed by atoms with Crippen molar-refractivity contribution in [1.82, 2.24) is 14.9 Å². The summed E-state index contributed by atoms with van der Waals surface area (Å²) in [4.78, 5) is 22.0. The Kier molecular flexibility index (Phi) is 5.12. The van der Waals surface area contributed by atoms with Crippen LogP contribution in [-0.4, -0.2) is 57.1 Å². The molecule has 0 unspecified atom stereocenters. The molecule has 8 heteroatoms. The molecule has 0 spiro atoms. The lowest BCUT2D eigenvalue weighted by Crippen LogP contribution is -2.58. The van der Waals surface area contributed by atoms with Gasteiger partial charge >= 0.3 is 6.09 Å². The van der Waals surface area contributed by atoms with Crippen LogP contribution < -0.4 is 5.32 Å². The van der Waals surface area contributed by atoms with Gasteiger partial charge in [0.15, 0.2) is 5.16 Å². The molecule has 2 N–H and O–H groups in total.